The fourth-order valence-electron chi connectivity index (χ4n) is 2.71. The maximum absolute atomic E-state index is 12.7. The number of nitro groups is 1. The summed E-state index contributed by atoms with van der Waals surface area (Å²) in [7, 11) is 0. The topological polar surface area (TPSA) is 142 Å². The van der Waals surface area contributed by atoms with Crippen molar-refractivity contribution in [3.05, 3.63) is 111 Å². The molecule has 0 radical (unpaired) electrons. The summed E-state index contributed by atoms with van der Waals surface area (Å²) in [6.07, 6.45) is 1.25. The highest BCUT2D eigenvalue weighted by Gasteiger charge is 2.16. The minimum Gasteiger partial charge on any atom is -0.317 e. The average Bonchev–Trinajstić information content (AvgIpc) is 2.84. The van der Waals surface area contributed by atoms with Crippen LogP contribution in [-0.2, 0) is 4.79 Å². The van der Waals surface area contributed by atoms with E-state index in [1.807, 2.05) is 0 Å². The quantitative estimate of drug-likeness (QED) is 0.241. The number of carbonyl (C=O) groups excluding carboxylic acids is 3. The van der Waals surface area contributed by atoms with Gasteiger partial charge in [-0.25, -0.2) is 10.2 Å². The Hall–Kier alpha value is -4.70. The molecule has 0 bridgehead atoms. The van der Waals surface area contributed by atoms with Gasteiger partial charge < -0.3 is 10.6 Å². The molecular weight excluding hydrogens is 462 g/mol. The summed E-state index contributed by atoms with van der Waals surface area (Å²) in [6, 6.07) is 19.2. The van der Waals surface area contributed by atoms with Crippen molar-refractivity contribution < 1.29 is 19.3 Å². The van der Waals surface area contributed by atoms with Gasteiger partial charge in [-0.1, -0.05) is 41.9 Å². The summed E-state index contributed by atoms with van der Waals surface area (Å²) in [6.45, 7) is 0. The number of nitrogens with zero attached hydrogens (tertiary/aromatic N) is 1. The van der Waals surface area contributed by atoms with Crippen molar-refractivity contribution in [2.24, 2.45) is 0 Å². The van der Waals surface area contributed by atoms with Gasteiger partial charge >= 0.3 is 6.03 Å². The Morgan fingerprint density at radius 1 is 0.882 bits per heavy atom. The monoisotopic (exact) mass is 479 g/mol. The normalized spacial score (nSPS) is 10.7. The zero-order valence-electron chi connectivity index (χ0n) is 17.4. The first-order valence-corrected chi connectivity index (χ1v) is 10.1. The van der Waals surface area contributed by atoms with Crippen LogP contribution in [0, 0.1) is 10.1 Å². The zero-order valence-corrected chi connectivity index (χ0v) is 18.2. The highest BCUT2D eigenvalue weighted by Crippen LogP contribution is 2.16. The smallest absolute Gasteiger partial charge is 0.317 e. The molecule has 3 rings (SSSR count). The van der Waals surface area contributed by atoms with Crippen LogP contribution in [0.4, 0.5) is 16.2 Å². The number of benzene rings is 3. The number of hydrogen-bond donors (Lipinski definition) is 4. The molecule has 4 amide bonds. The second-order valence-corrected chi connectivity index (χ2v) is 7.21. The first-order chi connectivity index (χ1) is 16.3. The third kappa shape index (κ3) is 6.90. The molecule has 0 aliphatic rings. The number of urea groups is 1. The van der Waals surface area contributed by atoms with Crippen LogP contribution < -0.4 is 21.5 Å². The summed E-state index contributed by atoms with van der Waals surface area (Å²) in [5, 5.41) is 16.5. The maximum Gasteiger partial charge on any atom is 0.337 e. The molecule has 10 nitrogen and oxygen atoms in total. The van der Waals surface area contributed by atoms with Gasteiger partial charge in [0.15, 0.2) is 0 Å². The summed E-state index contributed by atoms with van der Waals surface area (Å²) in [5.74, 6) is -1.44. The van der Waals surface area contributed by atoms with Crippen molar-refractivity contribution in [1.82, 2.24) is 16.2 Å². The fourth-order valence-corrected chi connectivity index (χ4v) is 2.84. The van der Waals surface area contributed by atoms with Crippen LogP contribution in [0.1, 0.15) is 15.9 Å². The van der Waals surface area contributed by atoms with E-state index in [0.717, 1.165) is 0 Å². The number of rotatable bonds is 6. The van der Waals surface area contributed by atoms with E-state index in [1.165, 1.54) is 30.3 Å². The molecule has 0 heterocycles. The molecule has 0 atom stereocenters. The van der Waals surface area contributed by atoms with Gasteiger partial charge in [0.25, 0.3) is 17.5 Å². The third-order valence-electron chi connectivity index (χ3n) is 4.31. The summed E-state index contributed by atoms with van der Waals surface area (Å²) < 4.78 is 0. The van der Waals surface area contributed by atoms with Crippen LogP contribution in [0.15, 0.2) is 84.6 Å². The van der Waals surface area contributed by atoms with Gasteiger partial charge in [-0.3, -0.25) is 25.1 Å². The number of anilines is 1. The van der Waals surface area contributed by atoms with Gasteiger partial charge in [-0.2, -0.15) is 0 Å². The summed E-state index contributed by atoms with van der Waals surface area (Å²) in [5.41, 5.74) is 4.92. The van der Waals surface area contributed by atoms with Crippen LogP contribution in [0.3, 0.4) is 0 Å². The van der Waals surface area contributed by atoms with Crippen LogP contribution in [0.2, 0.25) is 5.02 Å². The number of nitrogens with one attached hydrogen (secondary N) is 4. The van der Waals surface area contributed by atoms with Gasteiger partial charge in [0.05, 0.1) is 4.92 Å². The predicted molar refractivity (Wildman–Crippen MR) is 127 cm³/mol. The van der Waals surface area contributed by atoms with Gasteiger partial charge in [-0.15, -0.1) is 0 Å². The van der Waals surface area contributed by atoms with Crippen molar-refractivity contribution >= 4 is 46.9 Å². The van der Waals surface area contributed by atoms with Crippen molar-refractivity contribution in [3.8, 4) is 0 Å². The molecule has 34 heavy (non-hydrogen) atoms. The summed E-state index contributed by atoms with van der Waals surface area (Å²) in [4.78, 5) is 47.9. The molecule has 0 saturated heterocycles. The van der Waals surface area contributed by atoms with E-state index < -0.39 is 22.8 Å². The van der Waals surface area contributed by atoms with Crippen LogP contribution in [0.25, 0.3) is 6.08 Å². The van der Waals surface area contributed by atoms with E-state index in [2.05, 4.69) is 21.5 Å². The SMILES string of the molecule is O=C(NNC(=O)/C(=C\c1cccc([N+](=O)[O-])c1)NC(=O)c1ccccc1)Nc1ccc(Cl)cc1. The van der Waals surface area contributed by atoms with Crippen molar-refractivity contribution in [2.75, 3.05) is 5.32 Å². The highest BCUT2D eigenvalue weighted by molar-refractivity contribution is 6.30. The van der Waals surface area contributed by atoms with Gasteiger partial charge in [-0.05, 0) is 48.0 Å². The standard InChI is InChI=1S/C23H18ClN5O5/c24-17-9-11-18(12-10-17)25-23(32)28-27-22(31)20(26-21(30)16-6-2-1-3-7-16)14-15-5-4-8-19(13-15)29(33)34/h1-14H,(H,26,30)(H,27,31)(H2,25,28,32)/b20-14+. The molecule has 3 aromatic carbocycles. The van der Waals surface area contributed by atoms with E-state index in [9.17, 15) is 24.5 Å². The largest absolute Gasteiger partial charge is 0.337 e. The van der Waals surface area contributed by atoms with E-state index in [4.69, 9.17) is 11.6 Å². The van der Waals surface area contributed by atoms with Crippen molar-refractivity contribution in [3.63, 3.8) is 0 Å². The lowest BCUT2D eigenvalue weighted by Crippen LogP contribution is -2.46. The third-order valence-corrected chi connectivity index (χ3v) is 4.56. The highest BCUT2D eigenvalue weighted by atomic mass is 35.5. The van der Waals surface area contributed by atoms with Crippen LogP contribution in [0.5, 0.6) is 0 Å². The van der Waals surface area contributed by atoms with E-state index >= 15 is 0 Å². The fraction of sp³-hybridized carbons (Fsp3) is 0. The molecule has 0 saturated carbocycles. The Labute approximate surface area is 198 Å². The molecular formula is C23H18ClN5O5. The number of carbonyl (C=O) groups is 3. The Morgan fingerprint density at radius 3 is 2.26 bits per heavy atom. The first-order valence-electron chi connectivity index (χ1n) is 9.77. The molecule has 0 aromatic heterocycles. The lowest BCUT2D eigenvalue weighted by molar-refractivity contribution is -0.384. The summed E-state index contributed by atoms with van der Waals surface area (Å²) >= 11 is 5.80. The zero-order chi connectivity index (χ0) is 24.5. The lowest BCUT2D eigenvalue weighted by Gasteiger charge is -2.13. The van der Waals surface area contributed by atoms with Gasteiger partial charge in [0, 0.05) is 28.4 Å². The number of nitro benzene ring substituents is 1. The minimum atomic E-state index is -0.859. The Morgan fingerprint density at radius 2 is 1.59 bits per heavy atom. The predicted octanol–water partition coefficient (Wildman–Crippen LogP) is 3.87. The van der Waals surface area contributed by atoms with Gasteiger partial charge in [0.2, 0.25) is 0 Å². The molecule has 4 N–H and O–H groups in total. The number of amides is 4. The van der Waals surface area contributed by atoms with Gasteiger partial charge in [0.1, 0.15) is 5.70 Å². The first kappa shape index (κ1) is 24.0. The van der Waals surface area contributed by atoms with Crippen molar-refractivity contribution in [2.45, 2.75) is 0 Å². The number of non-ortho nitro benzene ring substituents is 1. The minimum absolute atomic E-state index is 0.191. The molecule has 0 spiro atoms. The maximum atomic E-state index is 12.7. The molecule has 11 heteroatoms. The average molecular weight is 480 g/mol. The Kier molecular flexibility index (Phi) is 7.93. The number of hydrogen-bond acceptors (Lipinski definition) is 5. The number of halogens is 1. The number of hydrazine groups is 1. The van der Waals surface area contributed by atoms with Crippen LogP contribution >= 0.6 is 11.6 Å². The molecule has 0 unspecified atom stereocenters. The molecule has 0 aliphatic heterocycles. The Bertz CT molecular complexity index is 1250. The van der Waals surface area contributed by atoms with E-state index in [1.54, 1.807) is 54.6 Å². The second-order valence-electron chi connectivity index (χ2n) is 6.77. The van der Waals surface area contributed by atoms with Crippen LogP contribution in [-0.4, -0.2) is 22.8 Å². The molecule has 0 fully saturated rings. The molecule has 3 aromatic rings. The lowest BCUT2D eigenvalue weighted by atomic mass is 10.1. The molecule has 172 valence electrons. The van der Waals surface area contributed by atoms with Crippen molar-refractivity contribution in [1.29, 1.82) is 0 Å². The van der Waals surface area contributed by atoms with E-state index in [-0.39, 0.29) is 16.9 Å². The Balaban J connectivity index is 1.76. The van der Waals surface area contributed by atoms with E-state index in [0.29, 0.717) is 16.3 Å². The second kappa shape index (κ2) is 11.2. The molecule has 0 aliphatic carbocycles.